The largest absolute Gasteiger partial charge is 0.340 e. The van der Waals surface area contributed by atoms with Crippen molar-refractivity contribution >= 4 is 33.4 Å². The van der Waals surface area contributed by atoms with Crippen molar-refractivity contribution in [1.82, 2.24) is 14.5 Å². The molecule has 26 heavy (non-hydrogen) atoms. The van der Waals surface area contributed by atoms with Gasteiger partial charge in [0.2, 0.25) is 21.8 Å². The van der Waals surface area contributed by atoms with Gasteiger partial charge in [-0.1, -0.05) is 12.1 Å². The maximum Gasteiger partial charge on any atom is 0.254 e. The summed E-state index contributed by atoms with van der Waals surface area (Å²) >= 11 is 0. The highest BCUT2D eigenvalue weighted by Crippen LogP contribution is 2.19. The molecule has 1 aromatic carbocycles. The van der Waals surface area contributed by atoms with E-state index in [0.717, 1.165) is 6.26 Å². The molecule has 2 aliphatic heterocycles. The molecule has 10 heteroatoms. The molecule has 2 aliphatic rings. The molecule has 2 N–H and O–H groups in total. The van der Waals surface area contributed by atoms with Crippen LogP contribution in [-0.4, -0.2) is 73.8 Å². The van der Waals surface area contributed by atoms with Crippen LogP contribution in [0.5, 0.6) is 0 Å². The normalized spacial score (nSPS) is 21.4. The molecule has 1 saturated heterocycles. The highest BCUT2D eigenvalue weighted by molar-refractivity contribution is 7.88. The average Bonchev–Trinajstić information content (AvgIpc) is 2.71. The molecule has 0 aliphatic carbocycles. The second kappa shape index (κ2) is 7.04. The lowest BCUT2D eigenvalue weighted by atomic mass is 10.1. The Labute approximate surface area is 151 Å². The molecule has 0 saturated carbocycles. The quantitative estimate of drug-likeness (QED) is 0.714. The van der Waals surface area contributed by atoms with E-state index in [-0.39, 0.29) is 38.5 Å². The molecule has 0 radical (unpaired) electrons. The molecule has 1 aromatic rings. The standard InChI is InChI=1S/C16H20N4O5S/c1-26(24,25)20-8-6-19(7-9-20)14(21)10-13-16(23)17-12-5-3-2-4-11(12)15(22)18-13/h2-5,13H,6-10H2,1H3,(H,17,23)(H,18,22)/t13-/m1/s1. The van der Waals surface area contributed by atoms with Gasteiger partial charge in [-0.05, 0) is 12.1 Å². The maximum atomic E-state index is 12.5. The van der Waals surface area contributed by atoms with Crippen molar-refractivity contribution in [2.75, 3.05) is 37.8 Å². The Kier molecular flexibility index (Phi) is 4.97. The van der Waals surface area contributed by atoms with Crippen LogP contribution in [0.4, 0.5) is 5.69 Å². The molecule has 1 fully saturated rings. The molecule has 0 bridgehead atoms. The van der Waals surface area contributed by atoms with Crippen molar-refractivity contribution in [3.05, 3.63) is 29.8 Å². The molecule has 2 heterocycles. The molecule has 0 unspecified atom stereocenters. The molecule has 0 spiro atoms. The minimum Gasteiger partial charge on any atom is -0.340 e. The molecule has 0 aromatic heterocycles. The summed E-state index contributed by atoms with van der Waals surface area (Å²) in [5.74, 6) is -1.17. The zero-order chi connectivity index (χ0) is 18.9. The number of amides is 3. The number of nitrogens with one attached hydrogen (secondary N) is 2. The molecule has 3 rings (SSSR count). The van der Waals surface area contributed by atoms with Crippen molar-refractivity contribution in [3.8, 4) is 0 Å². The van der Waals surface area contributed by atoms with Gasteiger partial charge in [-0.15, -0.1) is 0 Å². The van der Waals surface area contributed by atoms with Gasteiger partial charge in [-0.2, -0.15) is 4.31 Å². The van der Waals surface area contributed by atoms with E-state index in [0.29, 0.717) is 11.3 Å². The minimum atomic E-state index is -3.28. The summed E-state index contributed by atoms with van der Waals surface area (Å²) in [4.78, 5) is 38.6. The number of rotatable bonds is 3. The summed E-state index contributed by atoms with van der Waals surface area (Å²) in [5, 5.41) is 5.24. The van der Waals surface area contributed by atoms with Crippen LogP contribution in [0.3, 0.4) is 0 Å². The Morgan fingerprint density at radius 2 is 1.81 bits per heavy atom. The number of benzene rings is 1. The van der Waals surface area contributed by atoms with E-state index in [1.54, 1.807) is 24.3 Å². The summed E-state index contributed by atoms with van der Waals surface area (Å²) in [6.07, 6.45) is 0.956. The van der Waals surface area contributed by atoms with Gasteiger partial charge in [0.25, 0.3) is 5.91 Å². The molecular weight excluding hydrogens is 360 g/mol. The van der Waals surface area contributed by atoms with E-state index in [1.165, 1.54) is 9.21 Å². The average molecular weight is 380 g/mol. The van der Waals surface area contributed by atoms with Crippen LogP contribution >= 0.6 is 0 Å². The van der Waals surface area contributed by atoms with Gasteiger partial charge in [-0.25, -0.2) is 8.42 Å². The second-order valence-electron chi connectivity index (χ2n) is 6.31. The highest BCUT2D eigenvalue weighted by Gasteiger charge is 2.32. The third kappa shape index (κ3) is 3.86. The predicted molar refractivity (Wildman–Crippen MR) is 93.9 cm³/mol. The summed E-state index contributed by atoms with van der Waals surface area (Å²) < 4.78 is 24.4. The number of sulfonamides is 1. The lowest BCUT2D eigenvalue weighted by molar-refractivity contribution is -0.134. The number of carbonyl (C=O) groups excluding carboxylic acids is 3. The number of anilines is 1. The Morgan fingerprint density at radius 3 is 2.46 bits per heavy atom. The number of fused-ring (bicyclic) bond motifs is 1. The Hall–Kier alpha value is -2.46. The van der Waals surface area contributed by atoms with Crippen LogP contribution in [0.15, 0.2) is 24.3 Å². The third-order valence-corrected chi connectivity index (χ3v) is 5.79. The SMILES string of the molecule is CS(=O)(=O)N1CCN(C(=O)C[C@H]2NC(=O)c3ccccc3NC2=O)CC1. The smallest absolute Gasteiger partial charge is 0.254 e. The fraction of sp³-hybridized carbons (Fsp3) is 0.438. The van der Waals surface area contributed by atoms with E-state index >= 15 is 0 Å². The lowest BCUT2D eigenvalue weighted by Crippen LogP contribution is -2.52. The Balaban J connectivity index is 1.63. The van der Waals surface area contributed by atoms with Gasteiger partial charge in [0, 0.05) is 26.2 Å². The minimum absolute atomic E-state index is 0.176. The number of nitrogens with zero attached hydrogens (tertiary/aromatic N) is 2. The monoisotopic (exact) mass is 380 g/mol. The van der Waals surface area contributed by atoms with Gasteiger partial charge in [0.05, 0.1) is 23.9 Å². The van der Waals surface area contributed by atoms with E-state index < -0.39 is 27.9 Å². The summed E-state index contributed by atoms with van der Waals surface area (Å²) in [7, 11) is -3.28. The van der Waals surface area contributed by atoms with Crippen molar-refractivity contribution in [2.24, 2.45) is 0 Å². The number of hydrogen-bond acceptors (Lipinski definition) is 5. The van der Waals surface area contributed by atoms with Gasteiger partial charge >= 0.3 is 0 Å². The number of piperazine rings is 1. The summed E-state index contributed by atoms with van der Waals surface area (Å²) in [6, 6.07) is 5.65. The highest BCUT2D eigenvalue weighted by atomic mass is 32.2. The zero-order valence-electron chi connectivity index (χ0n) is 14.3. The first-order valence-electron chi connectivity index (χ1n) is 8.19. The first-order valence-corrected chi connectivity index (χ1v) is 10.0. The first-order chi connectivity index (χ1) is 12.3. The van der Waals surface area contributed by atoms with Crippen LogP contribution in [0.25, 0.3) is 0 Å². The van der Waals surface area contributed by atoms with Crippen LogP contribution < -0.4 is 10.6 Å². The topological polar surface area (TPSA) is 116 Å². The first kappa shape index (κ1) is 18.3. The van der Waals surface area contributed by atoms with Crippen molar-refractivity contribution in [1.29, 1.82) is 0 Å². The number of hydrogen-bond donors (Lipinski definition) is 2. The number of para-hydroxylation sites is 1. The maximum absolute atomic E-state index is 12.5. The second-order valence-corrected chi connectivity index (χ2v) is 8.29. The van der Waals surface area contributed by atoms with Gasteiger partial charge in [0.1, 0.15) is 6.04 Å². The third-order valence-electron chi connectivity index (χ3n) is 4.49. The molecular formula is C16H20N4O5S. The Bertz CT molecular complexity index is 846. The fourth-order valence-electron chi connectivity index (χ4n) is 3.03. The fourth-order valence-corrected chi connectivity index (χ4v) is 3.85. The molecule has 3 amide bonds. The molecule has 9 nitrogen and oxygen atoms in total. The lowest BCUT2D eigenvalue weighted by Gasteiger charge is -2.33. The summed E-state index contributed by atoms with van der Waals surface area (Å²) in [5.41, 5.74) is 0.754. The Morgan fingerprint density at radius 1 is 1.15 bits per heavy atom. The summed E-state index contributed by atoms with van der Waals surface area (Å²) in [6.45, 7) is 0.960. The molecule has 1 atom stereocenters. The van der Waals surface area contributed by atoms with Crippen molar-refractivity contribution < 1.29 is 22.8 Å². The van der Waals surface area contributed by atoms with Gasteiger partial charge in [-0.3, -0.25) is 14.4 Å². The van der Waals surface area contributed by atoms with Gasteiger partial charge < -0.3 is 15.5 Å². The van der Waals surface area contributed by atoms with E-state index in [1.807, 2.05) is 0 Å². The van der Waals surface area contributed by atoms with Crippen molar-refractivity contribution in [2.45, 2.75) is 12.5 Å². The van der Waals surface area contributed by atoms with E-state index in [2.05, 4.69) is 10.6 Å². The van der Waals surface area contributed by atoms with Crippen LogP contribution in [-0.2, 0) is 19.6 Å². The van der Waals surface area contributed by atoms with Crippen LogP contribution in [0.2, 0.25) is 0 Å². The van der Waals surface area contributed by atoms with Crippen molar-refractivity contribution in [3.63, 3.8) is 0 Å². The van der Waals surface area contributed by atoms with Crippen LogP contribution in [0.1, 0.15) is 16.8 Å². The van der Waals surface area contributed by atoms with Crippen LogP contribution in [0, 0.1) is 0 Å². The van der Waals surface area contributed by atoms with Gasteiger partial charge in [0.15, 0.2) is 0 Å². The predicted octanol–water partition coefficient (Wildman–Crippen LogP) is -0.769. The van der Waals surface area contributed by atoms with E-state index in [9.17, 15) is 22.8 Å². The van der Waals surface area contributed by atoms with E-state index in [4.69, 9.17) is 0 Å². The molecule has 140 valence electrons. The number of carbonyl (C=O) groups is 3. The zero-order valence-corrected chi connectivity index (χ0v) is 15.1.